The van der Waals surface area contributed by atoms with E-state index in [-0.39, 0.29) is 11.7 Å². The molecule has 0 spiro atoms. The van der Waals surface area contributed by atoms with E-state index in [0.717, 1.165) is 24.4 Å². The minimum absolute atomic E-state index is 0.169. The lowest BCUT2D eigenvalue weighted by Gasteiger charge is -2.31. The molecule has 1 aromatic rings. The summed E-state index contributed by atoms with van der Waals surface area (Å²) < 4.78 is 25.4. The minimum atomic E-state index is -3.08. The molecule has 18 heavy (non-hydrogen) atoms. The number of nitrogens with zero attached hydrogens (tertiary/aromatic N) is 3. The summed E-state index contributed by atoms with van der Waals surface area (Å²) in [6.07, 6.45) is 3.63. The van der Waals surface area contributed by atoms with Crippen LogP contribution in [0.2, 0.25) is 0 Å². The molecule has 6 heteroatoms. The van der Waals surface area contributed by atoms with E-state index in [2.05, 4.69) is 9.97 Å². The Morgan fingerprint density at radius 2 is 2.28 bits per heavy atom. The quantitative estimate of drug-likeness (QED) is 0.830. The zero-order chi connectivity index (χ0) is 13.2. The van der Waals surface area contributed by atoms with Gasteiger partial charge in [-0.05, 0) is 32.8 Å². The first-order valence-corrected chi connectivity index (χ1v) is 7.91. The standard InChI is InChI=1S/C12H19N3O2S/c1-3-18(16,17)15-8-4-5-11(9-15)12-6-7-13-10(2)14-12/h6-7,11H,3-5,8-9H2,1-2H3/t11-/m1/s1. The molecule has 0 saturated carbocycles. The monoisotopic (exact) mass is 269 g/mol. The molecule has 0 radical (unpaired) electrons. The van der Waals surface area contributed by atoms with Gasteiger partial charge in [0.25, 0.3) is 0 Å². The highest BCUT2D eigenvalue weighted by molar-refractivity contribution is 7.89. The summed E-state index contributed by atoms with van der Waals surface area (Å²) in [5.74, 6) is 1.10. The third-order valence-corrected chi connectivity index (χ3v) is 5.21. The third kappa shape index (κ3) is 2.87. The number of aromatic nitrogens is 2. The van der Waals surface area contributed by atoms with Crippen molar-refractivity contribution in [1.82, 2.24) is 14.3 Å². The van der Waals surface area contributed by atoms with Gasteiger partial charge in [0.05, 0.1) is 5.75 Å². The lowest BCUT2D eigenvalue weighted by molar-refractivity contribution is 0.312. The fraction of sp³-hybridized carbons (Fsp3) is 0.667. The molecule has 5 nitrogen and oxygen atoms in total. The Balaban J connectivity index is 2.17. The zero-order valence-corrected chi connectivity index (χ0v) is 11.7. The van der Waals surface area contributed by atoms with E-state index >= 15 is 0 Å². The molecule has 0 unspecified atom stereocenters. The first-order valence-electron chi connectivity index (χ1n) is 6.30. The van der Waals surface area contributed by atoms with E-state index in [1.807, 2.05) is 13.0 Å². The number of aryl methyl sites for hydroxylation is 1. The van der Waals surface area contributed by atoms with Crippen LogP contribution in [0.25, 0.3) is 0 Å². The van der Waals surface area contributed by atoms with Crippen molar-refractivity contribution in [1.29, 1.82) is 0 Å². The number of piperidine rings is 1. The summed E-state index contributed by atoms with van der Waals surface area (Å²) in [6, 6.07) is 1.89. The molecular weight excluding hydrogens is 250 g/mol. The molecule has 0 amide bonds. The Hall–Kier alpha value is -1.01. The van der Waals surface area contributed by atoms with E-state index in [4.69, 9.17) is 0 Å². The van der Waals surface area contributed by atoms with Crippen molar-refractivity contribution in [2.45, 2.75) is 32.6 Å². The lowest BCUT2D eigenvalue weighted by atomic mass is 9.96. The normalized spacial score (nSPS) is 22.0. The molecule has 0 bridgehead atoms. The first kappa shape index (κ1) is 13.4. The Labute approximate surface area is 108 Å². The number of hydrogen-bond donors (Lipinski definition) is 0. The Morgan fingerprint density at radius 1 is 1.50 bits per heavy atom. The number of sulfonamides is 1. The summed E-state index contributed by atoms with van der Waals surface area (Å²) in [5.41, 5.74) is 0.957. The van der Waals surface area contributed by atoms with Crippen molar-refractivity contribution in [3.05, 3.63) is 23.8 Å². The largest absolute Gasteiger partial charge is 0.242 e. The van der Waals surface area contributed by atoms with Crippen LogP contribution in [0.15, 0.2) is 12.3 Å². The van der Waals surface area contributed by atoms with Gasteiger partial charge in [-0.15, -0.1) is 0 Å². The van der Waals surface area contributed by atoms with Crippen LogP contribution in [0, 0.1) is 6.92 Å². The van der Waals surface area contributed by atoms with Gasteiger partial charge in [0.1, 0.15) is 5.82 Å². The maximum atomic E-state index is 11.9. The highest BCUT2D eigenvalue weighted by Gasteiger charge is 2.29. The maximum Gasteiger partial charge on any atom is 0.213 e. The average molecular weight is 269 g/mol. The second-order valence-corrected chi connectivity index (χ2v) is 6.88. The van der Waals surface area contributed by atoms with Gasteiger partial charge < -0.3 is 0 Å². The molecule has 1 saturated heterocycles. The molecule has 1 fully saturated rings. The molecule has 0 aliphatic carbocycles. The Morgan fingerprint density at radius 3 is 2.94 bits per heavy atom. The molecule has 1 aromatic heterocycles. The zero-order valence-electron chi connectivity index (χ0n) is 10.8. The van der Waals surface area contributed by atoms with Crippen molar-refractivity contribution >= 4 is 10.0 Å². The molecule has 2 heterocycles. The Bertz CT molecular complexity index is 516. The predicted octanol–water partition coefficient (Wildman–Crippen LogP) is 1.31. The van der Waals surface area contributed by atoms with E-state index in [0.29, 0.717) is 13.1 Å². The van der Waals surface area contributed by atoms with E-state index in [1.165, 1.54) is 0 Å². The van der Waals surface area contributed by atoms with E-state index in [9.17, 15) is 8.42 Å². The van der Waals surface area contributed by atoms with Crippen LogP contribution in [0.4, 0.5) is 0 Å². The topological polar surface area (TPSA) is 63.2 Å². The summed E-state index contributed by atoms with van der Waals surface area (Å²) >= 11 is 0. The van der Waals surface area contributed by atoms with Crippen molar-refractivity contribution in [3.8, 4) is 0 Å². The van der Waals surface area contributed by atoms with Gasteiger partial charge in [-0.25, -0.2) is 22.7 Å². The SMILES string of the molecule is CCS(=O)(=O)N1CCC[C@@H](c2ccnc(C)n2)C1. The molecule has 100 valence electrons. The average Bonchev–Trinajstić information content (AvgIpc) is 2.39. The van der Waals surface area contributed by atoms with Gasteiger partial charge in [0, 0.05) is 30.9 Å². The van der Waals surface area contributed by atoms with Crippen molar-refractivity contribution in [3.63, 3.8) is 0 Å². The number of hydrogen-bond acceptors (Lipinski definition) is 4. The van der Waals surface area contributed by atoms with Crippen LogP contribution < -0.4 is 0 Å². The molecule has 2 rings (SSSR count). The minimum Gasteiger partial charge on any atom is -0.242 e. The fourth-order valence-electron chi connectivity index (χ4n) is 2.32. The first-order chi connectivity index (χ1) is 8.53. The smallest absolute Gasteiger partial charge is 0.213 e. The lowest BCUT2D eigenvalue weighted by Crippen LogP contribution is -2.40. The van der Waals surface area contributed by atoms with Crippen LogP contribution in [0.3, 0.4) is 0 Å². The maximum absolute atomic E-state index is 11.9. The second kappa shape index (κ2) is 5.32. The van der Waals surface area contributed by atoms with Gasteiger partial charge >= 0.3 is 0 Å². The van der Waals surface area contributed by atoms with E-state index in [1.54, 1.807) is 17.4 Å². The van der Waals surface area contributed by atoms with Gasteiger partial charge in [-0.1, -0.05) is 0 Å². The van der Waals surface area contributed by atoms with Gasteiger partial charge in [0.2, 0.25) is 10.0 Å². The molecule has 1 atom stereocenters. The van der Waals surface area contributed by atoms with Crippen molar-refractivity contribution < 1.29 is 8.42 Å². The molecule has 1 aliphatic heterocycles. The summed E-state index contributed by atoms with van der Waals surface area (Å²) in [4.78, 5) is 8.48. The second-order valence-electron chi connectivity index (χ2n) is 4.63. The van der Waals surface area contributed by atoms with Gasteiger partial charge in [0.15, 0.2) is 0 Å². The van der Waals surface area contributed by atoms with Crippen molar-refractivity contribution in [2.75, 3.05) is 18.8 Å². The molecule has 0 N–H and O–H groups in total. The van der Waals surface area contributed by atoms with Gasteiger partial charge in [-0.2, -0.15) is 0 Å². The van der Waals surface area contributed by atoms with Crippen LogP contribution in [0.5, 0.6) is 0 Å². The van der Waals surface area contributed by atoms with E-state index < -0.39 is 10.0 Å². The molecular formula is C12H19N3O2S. The van der Waals surface area contributed by atoms with Crippen LogP contribution >= 0.6 is 0 Å². The number of rotatable bonds is 3. The summed E-state index contributed by atoms with van der Waals surface area (Å²) in [7, 11) is -3.08. The Kier molecular flexibility index (Phi) is 3.97. The fourth-order valence-corrected chi connectivity index (χ4v) is 3.50. The van der Waals surface area contributed by atoms with Crippen LogP contribution in [-0.4, -0.2) is 41.5 Å². The van der Waals surface area contributed by atoms with Crippen LogP contribution in [0.1, 0.15) is 37.2 Å². The highest BCUT2D eigenvalue weighted by atomic mass is 32.2. The molecule has 0 aromatic carbocycles. The summed E-state index contributed by atoms with van der Waals surface area (Å²) in [5, 5.41) is 0. The highest BCUT2D eigenvalue weighted by Crippen LogP contribution is 2.26. The summed E-state index contributed by atoms with van der Waals surface area (Å²) in [6.45, 7) is 4.73. The van der Waals surface area contributed by atoms with Crippen molar-refractivity contribution in [2.24, 2.45) is 0 Å². The third-order valence-electron chi connectivity index (χ3n) is 3.36. The predicted molar refractivity (Wildman–Crippen MR) is 69.8 cm³/mol. The van der Waals surface area contributed by atoms with Crippen LogP contribution in [-0.2, 0) is 10.0 Å². The van der Waals surface area contributed by atoms with Gasteiger partial charge in [-0.3, -0.25) is 0 Å². The molecule has 1 aliphatic rings.